The van der Waals surface area contributed by atoms with Crippen molar-refractivity contribution >= 4 is 5.91 Å². The molecule has 1 fully saturated rings. The lowest BCUT2D eigenvalue weighted by atomic mass is 9.99. The summed E-state index contributed by atoms with van der Waals surface area (Å²) >= 11 is 0. The number of carbonyl (C=O) groups excluding carboxylic acids is 1. The lowest BCUT2D eigenvalue weighted by Gasteiger charge is -2.24. The first-order valence-electron chi connectivity index (χ1n) is 7.82. The molecule has 116 valence electrons. The van der Waals surface area contributed by atoms with E-state index in [-0.39, 0.29) is 18.1 Å². The molecule has 3 unspecified atom stereocenters. The van der Waals surface area contributed by atoms with Crippen LogP contribution in [0.25, 0.3) is 0 Å². The van der Waals surface area contributed by atoms with Gasteiger partial charge in [0.25, 0.3) is 0 Å². The summed E-state index contributed by atoms with van der Waals surface area (Å²) in [6.45, 7) is 7.14. The number of nitrogens with zero attached hydrogens (tertiary/aromatic N) is 1. The van der Waals surface area contributed by atoms with Crippen LogP contribution in [0.2, 0.25) is 0 Å². The first-order chi connectivity index (χ1) is 10.1. The SMILES string of the molecule is CCCN1C(=O)C(C(C)CC)NC1c1cccc(OC)c1. The average molecular weight is 290 g/mol. The van der Waals surface area contributed by atoms with Gasteiger partial charge in [-0.1, -0.05) is 39.3 Å². The number of rotatable bonds is 6. The molecule has 1 aromatic rings. The van der Waals surface area contributed by atoms with E-state index in [0.717, 1.165) is 30.7 Å². The Morgan fingerprint density at radius 1 is 1.38 bits per heavy atom. The van der Waals surface area contributed by atoms with Gasteiger partial charge in [-0.15, -0.1) is 0 Å². The fraction of sp³-hybridized carbons (Fsp3) is 0.588. The Labute approximate surface area is 127 Å². The molecule has 1 saturated heterocycles. The van der Waals surface area contributed by atoms with Crippen LogP contribution in [0.1, 0.15) is 45.3 Å². The Kier molecular flexibility index (Phi) is 5.23. The van der Waals surface area contributed by atoms with Crippen LogP contribution in [-0.2, 0) is 4.79 Å². The van der Waals surface area contributed by atoms with Crippen molar-refractivity contribution in [3.8, 4) is 5.75 Å². The number of carbonyl (C=O) groups is 1. The van der Waals surface area contributed by atoms with Crippen LogP contribution in [0, 0.1) is 5.92 Å². The highest BCUT2D eigenvalue weighted by Crippen LogP contribution is 2.30. The fourth-order valence-corrected chi connectivity index (χ4v) is 2.85. The van der Waals surface area contributed by atoms with Crippen LogP contribution in [0.15, 0.2) is 24.3 Å². The first-order valence-corrected chi connectivity index (χ1v) is 7.82. The molecule has 1 aliphatic heterocycles. The van der Waals surface area contributed by atoms with E-state index in [4.69, 9.17) is 4.74 Å². The molecular formula is C17H26N2O2. The molecule has 3 atom stereocenters. The van der Waals surface area contributed by atoms with Gasteiger partial charge in [0.15, 0.2) is 0 Å². The molecule has 0 aromatic heterocycles. The number of ether oxygens (including phenoxy) is 1. The molecule has 1 heterocycles. The maximum atomic E-state index is 12.7. The first kappa shape index (κ1) is 15.8. The number of hydrogen-bond acceptors (Lipinski definition) is 3. The van der Waals surface area contributed by atoms with E-state index in [9.17, 15) is 4.79 Å². The highest BCUT2D eigenvalue weighted by Gasteiger charge is 2.41. The summed E-state index contributed by atoms with van der Waals surface area (Å²) in [7, 11) is 1.66. The largest absolute Gasteiger partial charge is 0.497 e. The summed E-state index contributed by atoms with van der Waals surface area (Å²) in [5, 5.41) is 3.51. The Hall–Kier alpha value is -1.55. The molecule has 0 saturated carbocycles. The van der Waals surface area contributed by atoms with Gasteiger partial charge in [-0.3, -0.25) is 10.1 Å². The maximum absolute atomic E-state index is 12.7. The molecule has 1 aliphatic rings. The Morgan fingerprint density at radius 3 is 2.76 bits per heavy atom. The molecule has 1 N–H and O–H groups in total. The minimum Gasteiger partial charge on any atom is -0.497 e. The summed E-state index contributed by atoms with van der Waals surface area (Å²) in [5.74, 6) is 1.39. The van der Waals surface area contributed by atoms with E-state index >= 15 is 0 Å². The van der Waals surface area contributed by atoms with E-state index in [1.807, 2.05) is 23.1 Å². The van der Waals surface area contributed by atoms with E-state index in [1.165, 1.54) is 0 Å². The second-order valence-corrected chi connectivity index (χ2v) is 5.74. The molecule has 0 radical (unpaired) electrons. The van der Waals surface area contributed by atoms with Crippen molar-refractivity contribution in [2.45, 2.75) is 45.8 Å². The van der Waals surface area contributed by atoms with E-state index in [2.05, 4.69) is 32.2 Å². The van der Waals surface area contributed by atoms with Crippen LogP contribution in [0.3, 0.4) is 0 Å². The minimum atomic E-state index is -0.0854. The van der Waals surface area contributed by atoms with Gasteiger partial charge in [0.05, 0.1) is 13.2 Å². The summed E-state index contributed by atoms with van der Waals surface area (Å²) in [4.78, 5) is 14.6. The molecule has 4 nitrogen and oxygen atoms in total. The quantitative estimate of drug-likeness (QED) is 0.876. The van der Waals surface area contributed by atoms with Crippen molar-refractivity contribution < 1.29 is 9.53 Å². The second-order valence-electron chi connectivity index (χ2n) is 5.74. The molecule has 0 bridgehead atoms. The summed E-state index contributed by atoms with van der Waals surface area (Å²) < 4.78 is 5.30. The number of methoxy groups -OCH3 is 1. The normalized spacial score (nSPS) is 23.4. The zero-order valence-electron chi connectivity index (χ0n) is 13.4. The highest BCUT2D eigenvalue weighted by atomic mass is 16.5. The Morgan fingerprint density at radius 2 is 2.14 bits per heavy atom. The lowest BCUT2D eigenvalue weighted by Crippen LogP contribution is -2.35. The highest BCUT2D eigenvalue weighted by molar-refractivity contribution is 5.85. The molecule has 0 spiro atoms. The van der Waals surface area contributed by atoms with Gasteiger partial charge >= 0.3 is 0 Å². The van der Waals surface area contributed by atoms with Crippen LogP contribution >= 0.6 is 0 Å². The fourth-order valence-electron chi connectivity index (χ4n) is 2.85. The van der Waals surface area contributed by atoms with Crippen molar-refractivity contribution in [3.63, 3.8) is 0 Å². The van der Waals surface area contributed by atoms with Crippen molar-refractivity contribution in [2.24, 2.45) is 5.92 Å². The molecule has 21 heavy (non-hydrogen) atoms. The van der Waals surface area contributed by atoms with Gasteiger partial charge in [-0.05, 0) is 30.0 Å². The topological polar surface area (TPSA) is 41.6 Å². The van der Waals surface area contributed by atoms with Gasteiger partial charge in [-0.25, -0.2) is 0 Å². The molecular weight excluding hydrogens is 264 g/mol. The summed E-state index contributed by atoms with van der Waals surface area (Å²) in [6.07, 6.45) is 1.90. The van der Waals surface area contributed by atoms with Crippen LogP contribution in [-0.4, -0.2) is 30.5 Å². The van der Waals surface area contributed by atoms with Crippen molar-refractivity contribution in [2.75, 3.05) is 13.7 Å². The minimum absolute atomic E-state index is 0.0495. The molecule has 1 aromatic carbocycles. The molecule has 2 rings (SSSR count). The average Bonchev–Trinajstić information content (AvgIpc) is 2.84. The molecule has 0 aliphatic carbocycles. The molecule has 4 heteroatoms. The zero-order valence-corrected chi connectivity index (χ0v) is 13.4. The van der Waals surface area contributed by atoms with Gasteiger partial charge in [0.2, 0.25) is 5.91 Å². The van der Waals surface area contributed by atoms with Gasteiger partial charge < -0.3 is 9.64 Å². The summed E-state index contributed by atoms with van der Waals surface area (Å²) in [6, 6.07) is 7.87. The predicted molar refractivity (Wildman–Crippen MR) is 84.1 cm³/mol. The zero-order chi connectivity index (χ0) is 15.4. The van der Waals surface area contributed by atoms with E-state index in [1.54, 1.807) is 7.11 Å². The van der Waals surface area contributed by atoms with Crippen LogP contribution in [0.4, 0.5) is 0 Å². The second kappa shape index (κ2) is 6.94. The van der Waals surface area contributed by atoms with E-state index < -0.39 is 0 Å². The number of nitrogens with one attached hydrogen (secondary N) is 1. The third kappa shape index (κ3) is 3.21. The monoisotopic (exact) mass is 290 g/mol. The predicted octanol–water partition coefficient (Wildman–Crippen LogP) is 2.95. The number of benzene rings is 1. The van der Waals surface area contributed by atoms with Gasteiger partial charge in [0, 0.05) is 6.54 Å². The van der Waals surface area contributed by atoms with Gasteiger partial charge in [-0.2, -0.15) is 0 Å². The lowest BCUT2D eigenvalue weighted by molar-refractivity contribution is -0.131. The van der Waals surface area contributed by atoms with E-state index in [0.29, 0.717) is 5.92 Å². The van der Waals surface area contributed by atoms with Crippen LogP contribution < -0.4 is 10.1 Å². The van der Waals surface area contributed by atoms with Crippen LogP contribution in [0.5, 0.6) is 5.75 Å². The summed E-state index contributed by atoms with van der Waals surface area (Å²) in [5.41, 5.74) is 1.09. The Bertz CT molecular complexity index is 489. The standard InChI is InChI=1S/C17H26N2O2/c1-5-10-19-16(13-8-7-9-14(11-13)21-4)18-15(17(19)20)12(3)6-2/h7-9,11-12,15-16,18H,5-6,10H2,1-4H3. The van der Waals surface area contributed by atoms with Crippen molar-refractivity contribution in [3.05, 3.63) is 29.8 Å². The molecule has 1 amide bonds. The van der Waals surface area contributed by atoms with Crippen molar-refractivity contribution in [1.82, 2.24) is 10.2 Å². The van der Waals surface area contributed by atoms with Crippen molar-refractivity contribution in [1.29, 1.82) is 0 Å². The van der Waals surface area contributed by atoms with Gasteiger partial charge in [0.1, 0.15) is 11.9 Å². The number of hydrogen-bond donors (Lipinski definition) is 1. The maximum Gasteiger partial charge on any atom is 0.241 e. The smallest absolute Gasteiger partial charge is 0.241 e. The Balaban J connectivity index is 2.29. The number of amides is 1. The third-order valence-corrected chi connectivity index (χ3v) is 4.29. The third-order valence-electron chi connectivity index (χ3n) is 4.29.